The molecule has 4 rings (SSSR count). The van der Waals surface area contributed by atoms with Crippen LogP contribution in [0.5, 0.6) is 0 Å². The number of amides is 1. The first-order valence-corrected chi connectivity index (χ1v) is 13.1. The Labute approximate surface area is 205 Å². The number of aromatic amines is 1. The van der Waals surface area contributed by atoms with Crippen LogP contribution in [0, 0.1) is 5.92 Å². The van der Waals surface area contributed by atoms with Crippen LogP contribution in [0.15, 0.2) is 77.8 Å². The predicted molar refractivity (Wildman–Crippen MR) is 138 cm³/mol. The Hall–Kier alpha value is -3.49. The van der Waals surface area contributed by atoms with Gasteiger partial charge in [0.25, 0.3) is 0 Å². The molecule has 3 N–H and O–H groups in total. The minimum Gasteiger partial charge on any atom is -0.361 e. The molecule has 4 aromatic rings. The van der Waals surface area contributed by atoms with E-state index >= 15 is 0 Å². The first-order valence-electron chi connectivity index (χ1n) is 11.6. The fourth-order valence-electron chi connectivity index (χ4n) is 4.18. The van der Waals surface area contributed by atoms with Gasteiger partial charge in [0.05, 0.1) is 10.9 Å². The van der Waals surface area contributed by atoms with Gasteiger partial charge in [-0.25, -0.2) is 8.42 Å². The number of carbonyl (C=O) groups excluding carboxylic acids is 2. The average molecular weight is 492 g/mol. The van der Waals surface area contributed by atoms with Gasteiger partial charge in [-0.15, -0.1) is 0 Å². The summed E-state index contributed by atoms with van der Waals surface area (Å²) in [5.41, 5.74) is 1.84. The third-order valence-corrected chi connectivity index (χ3v) is 7.85. The number of aromatic nitrogens is 1. The van der Waals surface area contributed by atoms with Crippen LogP contribution in [0.1, 0.15) is 25.8 Å². The van der Waals surface area contributed by atoms with Crippen LogP contribution in [0.3, 0.4) is 0 Å². The summed E-state index contributed by atoms with van der Waals surface area (Å²) in [5, 5.41) is 5.43. The highest BCUT2D eigenvalue weighted by atomic mass is 32.2. The minimum atomic E-state index is -3.98. The Morgan fingerprint density at radius 2 is 1.74 bits per heavy atom. The smallest absolute Gasteiger partial charge is 0.241 e. The van der Waals surface area contributed by atoms with Gasteiger partial charge in [0.15, 0.2) is 0 Å². The molecule has 0 saturated carbocycles. The van der Waals surface area contributed by atoms with Crippen LogP contribution in [0.4, 0.5) is 0 Å². The van der Waals surface area contributed by atoms with Crippen LogP contribution in [0.2, 0.25) is 0 Å². The van der Waals surface area contributed by atoms with Crippen LogP contribution in [-0.2, 0) is 26.0 Å². The van der Waals surface area contributed by atoms with Crippen LogP contribution in [-0.4, -0.2) is 37.7 Å². The third kappa shape index (κ3) is 5.44. The van der Waals surface area contributed by atoms with Crippen molar-refractivity contribution in [1.29, 1.82) is 0 Å². The quantitative estimate of drug-likeness (QED) is 0.292. The highest BCUT2D eigenvalue weighted by molar-refractivity contribution is 7.89. The molecular weight excluding hydrogens is 462 g/mol. The van der Waals surface area contributed by atoms with E-state index in [1.54, 1.807) is 12.1 Å². The normalized spacial score (nSPS) is 14.5. The number of hydrogen-bond acceptors (Lipinski definition) is 4. The van der Waals surface area contributed by atoms with Crippen molar-refractivity contribution in [3.63, 3.8) is 0 Å². The maximum absolute atomic E-state index is 13.2. The van der Waals surface area contributed by atoms with Crippen LogP contribution >= 0.6 is 0 Å². The first kappa shape index (κ1) is 24.6. The molecule has 0 aliphatic carbocycles. The Balaban J connectivity index is 1.53. The molecule has 182 valence electrons. The average Bonchev–Trinajstić information content (AvgIpc) is 3.28. The summed E-state index contributed by atoms with van der Waals surface area (Å²) in [4.78, 5) is 28.3. The lowest BCUT2D eigenvalue weighted by Gasteiger charge is -2.25. The monoisotopic (exact) mass is 491 g/mol. The molecule has 0 spiro atoms. The van der Waals surface area contributed by atoms with Gasteiger partial charge in [0.1, 0.15) is 12.3 Å². The molecule has 0 bridgehead atoms. The lowest BCUT2D eigenvalue weighted by Crippen LogP contribution is -2.53. The van der Waals surface area contributed by atoms with Crippen molar-refractivity contribution in [2.24, 2.45) is 5.92 Å². The maximum atomic E-state index is 13.2. The Morgan fingerprint density at radius 3 is 2.49 bits per heavy atom. The number of nitrogens with one attached hydrogen (secondary N) is 3. The molecule has 0 aliphatic rings. The molecule has 7 nitrogen and oxygen atoms in total. The molecule has 1 amide bonds. The fourth-order valence-corrected chi connectivity index (χ4v) is 5.52. The van der Waals surface area contributed by atoms with E-state index in [-0.39, 0.29) is 10.8 Å². The molecule has 0 aliphatic heterocycles. The fraction of sp³-hybridized carbons (Fsp3) is 0.259. The van der Waals surface area contributed by atoms with Gasteiger partial charge >= 0.3 is 0 Å². The van der Waals surface area contributed by atoms with E-state index in [1.807, 2.05) is 68.6 Å². The van der Waals surface area contributed by atoms with Crippen molar-refractivity contribution < 1.29 is 18.0 Å². The summed E-state index contributed by atoms with van der Waals surface area (Å²) < 4.78 is 29.0. The van der Waals surface area contributed by atoms with E-state index in [0.717, 1.165) is 27.2 Å². The van der Waals surface area contributed by atoms with E-state index in [9.17, 15) is 18.0 Å². The first-order chi connectivity index (χ1) is 16.8. The molecule has 8 heteroatoms. The van der Waals surface area contributed by atoms with Crippen LogP contribution < -0.4 is 10.0 Å². The number of aldehydes is 1. The lowest BCUT2D eigenvalue weighted by molar-refractivity contribution is -0.126. The van der Waals surface area contributed by atoms with Gasteiger partial charge < -0.3 is 15.1 Å². The SMILES string of the molecule is CC[C@@H](C)[C@H](NS(=O)(=O)c1ccc2ccccc2c1)C(=O)N[C@H](C=O)Cc1c[nH]c2ccccc12. The van der Waals surface area contributed by atoms with Crippen molar-refractivity contribution in [3.8, 4) is 0 Å². The van der Waals surface area contributed by atoms with Gasteiger partial charge in [-0.1, -0.05) is 68.8 Å². The molecule has 0 radical (unpaired) electrons. The minimum absolute atomic E-state index is 0.0861. The third-order valence-electron chi connectivity index (χ3n) is 6.42. The van der Waals surface area contributed by atoms with Gasteiger partial charge in [0.2, 0.25) is 15.9 Å². The standard InChI is InChI=1S/C27H29N3O4S/c1-3-18(2)26(30-35(33,34)23-13-12-19-8-4-5-9-20(19)15-23)27(32)29-22(17-31)14-21-16-28-25-11-7-6-10-24(21)25/h4-13,15-18,22,26,28,30H,3,14H2,1-2H3,(H,29,32)/t18-,22+,26+/m1/s1. The second-order valence-corrected chi connectivity index (χ2v) is 10.5. The molecule has 35 heavy (non-hydrogen) atoms. The zero-order valence-corrected chi connectivity index (χ0v) is 20.5. The molecular formula is C27H29N3O4S. The van der Waals surface area contributed by atoms with Crippen molar-refractivity contribution >= 4 is 43.9 Å². The summed E-state index contributed by atoms with van der Waals surface area (Å²) in [6.07, 6.45) is 3.38. The Bertz CT molecular complexity index is 1460. The summed E-state index contributed by atoms with van der Waals surface area (Å²) in [7, 11) is -3.98. The van der Waals surface area contributed by atoms with Crippen molar-refractivity contribution in [3.05, 3.63) is 78.5 Å². The predicted octanol–water partition coefficient (Wildman–Crippen LogP) is 3.94. The van der Waals surface area contributed by atoms with Gasteiger partial charge in [-0.2, -0.15) is 4.72 Å². The van der Waals surface area contributed by atoms with E-state index < -0.39 is 28.0 Å². The molecule has 3 atom stereocenters. The van der Waals surface area contributed by atoms with E-state index in [4.69, 9.17) is 0 Å². The maximum Gasteiger partial charge on any atom is 0.241 e. The second-order valence-electron chi connectivity index (χ2n) is 8.81. The molecule has 1 aromatic heterocycles. The number of fused-ring (bicyclic) bond motifs is 2. The number of sulfonamides is 1. The van der Waals surface area contributed by atoms with Gasteiger partial charge in [-0.05, 0) is 40.5 Å². The summed E-state index contributed by atoms with van der Waals surface area (Å²) >= 11 is 0. The van der Waals surface area contributed by atoms with Gasteiger partial charge in [0, 0.05) is 23.5 Å². The Kier molecular flexibility index (Phi) is 7.33. The van der Waals surface area contributed by atoms with Gasteiger partial charge in [-0.3, -0.25) is 4.79 Å². The number of para-hydroxylation sites is 1. The van der Waals surface area contributed by atoms with Crippen LogP contribution in [0.25, 0.3) is 21.7 Å². The van der Waals surface area contributed by atoms with E-state index in [2.05, 4.69) is 15.0 Å². The van der Waals surface area contributed by atoms with Crippen molar-refractivity contribution in [2.75, 3.05) is 0 Å². The number of rotatable bonds is 10. The topological polar surface area (TPSA) is 108 Å². The largest absolute Gasteiger partial charge is 0.361 e. The summed E-state index contributed by atoms with van der Waals surface area (Å²) in [6.45, 7) is 3.70. The van der Waals surface area contributed by atoms with E-state index in [1.165, 1.54) is 6.07 Å². The highest BCUT2D eigenvalue weighted by Crippen LogP contribution is 2.21. The Morgan fingerprint density at radius 1 is 1.03 bits per heavy atom. The summed E-state index contributed by atoms with van der Waals surface area (Å²) in [5.74, 6) is -0.814. The molecule has 0 unspecified atom stereocenters. The zero-order valence-electron chi connectivity index (χ0n) is 19.7. The van der Waals surface area contributed by atoms with E-state index in [0.29, 0.717) is 19.1 Å². The molecule has 0 saturated heterocycles. The molecule has 1 heterocycles. The molecule has 0 fully saturated rings. The zero-order chi connectivity index (χ0) is 25.0. The van der Waals surface area contributed by atoms with Crippen molar-refractivity contribution in [2.45, 2.75) is 43.7 Å². The number of H-pyrrole nitrogens is 1. The number of benzene rings is 3. The highest BCUT2D eigenvalue weighted by Gasteiger charge is 2.31. The van der Waals surface area contributed by atoms with Crippen molar-refractivity contribution in [1.82, 2.24) is 15.0 Å². The lowest BCUT2D eigenvalue weighted by atomic mass is 9.98. The molecule has 3 aromatic carbocycles. The second kappa shape index (κ2) is 10.4. The summed E-state index contributed by atoms with van der Waals surface area (Å²) in [6, 6.07) is 18.2. The number of hydrogen-bond donors (Lipinski definition) is 3. The number of carbonyl (C=O) groups is 2.